The number of amides is 1. The van der Waals surface area contributed by atoms with E-state index in [0.29, 0.717) is 17.8 Å². The highest BCUT2D eigenvalue weighted by molar-refractivity contribution is 7.09. The number of rotatable bonds is 4. The fourth-order valence-electron chi connectivity index (χ4n) is 1.85. The van der Waals surface area contributed by atoms with Gasteiger partial charge in [0.2, 0.25) is 0 Å². The molecule has 2 rings (SSSR count). The number of nitrogens with one attached hydrogen (secondary N) is 1. The van der Waals surface area contributed by atoms with Crippen LogP contribution < -0.4 is 11.3 Å². The van der Waals surface area contributed by atoms with Gasteiger partial charge in [0.15, 0.2) is 0 Å². The summed E-state index contributed by atoms with van der Waals surface area (Å²) in [6, 6.07) is 1.74. The van der Waals surface area contributed by atoms with Crippen LogP contribution in [0.5, 0.6) is 0 Å². The maximum atomic E-state index is 12.4. The standard InChI is InChI=1S/C13H17N5OS/c1-8-4-12(17-14)11(5-15-8)13(19)18(3)6-10-7-20-9(2)16-10/h4-5,7H,6,14H2,1-3H3,(H,15,17). The fraction of sp³-hybridized carbons (Fsp3) is 0.308. The van der Waals surface area contributed by atoms with Gasteiger partial charge >= 0.3 is 0 Å². The number of carbonyl (C=O) groups excluding carboxylic acids is 1. The van der Waals surface area contributed by atoms with Crippen molar-refractivity contribution in [1.82, 2.24) is 14.9 Å². The third-order valence-corrected chi connectivity index (χ3v) is 3.66. The van der Waals surface area contributed by atoms with Crippen LogP contribution >= 0.6 is 11.3 Å². The van der Waals surface area contributed by atoms with Gasteiger partial charge in [-0.3, -0.25) is 15.6 Å². The number of aryl methyl sites for hydroxylation is 2. The topological polar surface area (TPSA) is 84.1 Å². The maximum absolute atomic E-state index is 12.4. The summed E-state index contributed by atoms with van der Waals surface area (Å²) in [4.78, 5) is 22.5. The van der Waals surface area contributed by atoms with Crippen LogP contribution in [0.25, 0.3) is 0 Å². The third-order valence-electron chi connectivity index (χ3n) is 2.84. The molecule has 2 heterocycles. The van der Waals surface area contributed by atoms with E-state index in [1.165, 1.54) is 6.20 Å². The van der Waals surface area contributed by atoms with Crippen LogP contribution in [-0.2, 0) is 6.54 Å². The molecular weight excluding hydrogens is 274 g/mol. The van der Waals surface area contributed by atoms with Crippen LogP contribution in [0.2, 0.25) is 0 Å². The van der Waals surface area contributed by atoms with Crippen molar-refractivity contribution < 1.29 is 4.79 Å². The predicted octanol–water partition coefficient (Wildman–Crippen LogP) is 1.71. The van der Waals surface area contributed by atoms with Gasteiger partial charge in [-0.2, -0.15) is 0 Å². The molecule has 7 heteroatoms. The van der Waals surface area contributed by atoms with Gasteiger partial charge < -0.3 is 10.3 Å². The Hall–Kier alpha value is -1.99. The Morgan fingerprint density at radius 2 is 2.25 bits per heavy atom. The first-order valence-electron chi connectivity index (χ1n) is 6.11. The van der Waals surface area contributed by atoms with Crippen LogP contribution in [0, 0.1) is 13.8 Å². The molecule has 2 aromatic rings. The van der Waals surface area contributed by atoms with Crippen molar-refractivity contribution >= 4 is 22.9 Å². The summed E-state index contributed by atoms with van der Waals surface area (Å²) < 4.78 is 0. The van der Waals surface area contributed by atoms with Gasteiger partial charge in [-0.25, -0.2) is 4.98 Å². The number of carbonyl (C=O) groups is 1. The maximum Gasteiger partial charge on any atom is 0.257 e. The number of pyridine rings is 1. The molecule has 0 spiro atoms. The van der Waals surface area contributed by atoms with Crippen molar-refractivity contribution in [1.29, 1.82) is 0 Å². The molecule has 0 aliphatic carbocycles. The number of nitrogens with zero attached hydrogens (tertiary/aromatic N) is 3. The molecule has 0 aromatic carbocycles. The minimum Gasteiger partial charge on any atom is -0.336 e. The van der Waals surface area contributed by atoms with Crippen molar-refractivity contribution in [2.24, 2.45) is 5.84 Å². The van der Waals surface area contributed by atoms with E-state index in [9.17, 15) is 4.79 Å². The molecule has 6 nitrogen and oxygen atoms in total. The highest BCUT2D eigenvalue weighted by atomic mass is 32.1. The van der Waals surface area contributed by atoms with Gasteiger partial charge in [0.1, 0.15) is 0 Å². The summed E-state index contributed by atoms with van der Waals surface area (Å²) >= 11 is 1.57. The molecule has 0 bridgehead atoms. The van der Waals surface area contributed by atoms with E-state index >= 15 is 0 Å². The zero-order chi connectivity index (χ0) is 14.7. The molecule has 20 heavy (non-hydrogen) atoms. The quantitative estimate of drug-likeness (QED) is 0.662. The average Bonchev–Trinajstić information content (AvgIpc) is 2.83. The molecule has 0 aliphatic rings. The van der Waals surface area contributed by atoms with Gasteiger partial charge in [0.05, 0.1) is 28.5 Å². The lowest BCUT2D eigenvalue weighted by Gasteiger charge is -2.17. The Bertz CT molecular complexity index is 625. The molecule has 0 aliphatic heterocycles. The monoisotopic (exact) mass is 291 g/mol. The van der Waals surface area contributed by atoms with Crippen molar-refractivity contribution in [3.63, 3.8) is 0 Å². The third kappa shape index (κ3) is 3.12. The van der Waals surface area contributed by atoms with Crippen LogP contribution in [-0.4, -0.2) is 27.8 Å². The highest BCUT2D eigenvalue weighted by Gasteiger charge is 2.17. The number of nitrogens with two attached hydrogens (primary N) is 1. The summed E-state index contributed by atoms with van der Waals surface area (Å²) in [5, 5.41) is 2.94. The SMILES string of the molecule is Cc1cc(NN)c(C(=O)N(C)Cc2csc(C)n2)cn1. The molecular formula is C13H17N5OS. The van der Waals surface area contributed by atoms with Crippen molar-refractivity contribution in [3.8, 4) is 0 Å². The first-order chi connectivity index (χ1) is 9.51. The smallest absolute Gasteiger partial charge is 0.257 e. The van der Waals surface area contributed by atoms with Gasteiger partial charge in [-0.05, 0) is 19.9 Å². The predicted molar refractivity (Wildman–Crippen MR) is 79.4 cm³/mol. The largest absolute Gasteiger partial charge is 0.336 e. The van der Waals surface area contributed by atoms with Crippen LogP contribution in [0.1, 0.15) is 26.8 Å². The summed E-state index contributed by atoms with van der Waals surface area (Å²) in [6.45, 7) is 4.24. The number of nitrogen functional groups attached to an aromatic ring is 1. The fourth-order valence-corrected chi connectivity index (χ4v) is 2.45. The number of hydrazine groups is 1. The lowest BCUT2D eigenvalue weighted by molar-refractivity contribution is 0.0784. The normalized spacial score (nSPS) is 10.4. The minimum absolute atomic E-state index is 0.142. The van der Waals surface area contributed by atoms with E-state index in [2.05, 4.69) is 15.4 Å². The van der Waals surface area contributed by atoms with Gasteiger partial charge in [-0.15, -0.1) is 11.3 Å². The van der Waals surface area contributed by atoms with Crippen molar-refractivity contribution in [3.05, 3.63) is 39.6 Å². The molecule has 2 aromatic heterocycles. The minimum atomic E-state index is -0.142. The van der Waals surface area contributed by atoms with Crippen molar-refractivity contribution in [2.75, 3.05) is 12.5 Å². The van der Waals surface area contributed by atoms with E-state index in [4.69, 9.17) is 5.84 Å². The number of anilines is 1. The van der Waals surface area contributed by atoms with E-state index in [-0.39, 0.29) is 5.91 Å². The molecule has 1 amide bonds. The summed E-state index contributed by atoms with van der Waals surface area (Å²) in [6.07, 6.45) is 1.54. The number of hydrogen-bond acceptors (Lipinski definition) is 6. The lowest BCUT2D eigenvalue weighted by Crippen LogP contribution is -2.28. The average molecular weight is 291 g/mol. The second-order valence-electron chi connectivity index (χ2n) is 4.53. The molecule has 3 N–H and O–H groups in total. The Balaban J connectivity index is 2.18. The Morgan fingerprint density at radius 3 is 2.85 bits per heavy atom. The number of aromatic nitrogens is 2. The molecule has 0 unspecified atom stereocenters. The molecule has 0 atom stereocenters. The van der Waals surface area contributed by atoms with E-state index < -0.39 is 0 Å². The van der Waals surface area contributed by atoms with E-state index in [0.717, 1.165) is 16.4 Å². The van der Waals surface area contributed by atoms with Crippen LogP contribution in [0.4, 0.5) is 5.69 Å². The second-order valence-corrected chi connectivity index (χ2v) is 5.60. The molecule has 106 valence electrons. The Kier molecular flexibility index (Phi) is 4.31. The van der Waals surface area contributed by atoms with E-state index in [1.807, 2.05) is 19.2 Å². The molecule has 0 saturated heterocycles. The summed E-state index contributed by atoms with van der Waals surface area (Å²) in [5.41, 5.74) is 5.24. The Labute approximate surface area is 121 Å². The zero-order valence-corrected chi connectivity index (χ0v) is 12.5. The van der Waals surface area contributed by atoms with Gasteiger partial charge in [0, 0.05) is 24.3 Å². The van der Waals surface area contributed by atoms with Gasteiger partial charge in [-0.1, -0.05) is 0 Å². The molecule has 0 radical (unpaired) electrons. The highest BCUT2D eigenvalue weighted by Crippen LogP contribution is 2.18. The number of thiazole rings is 1. The van der Waals surface area contributed by atoms with Crippen LogP contribution in [0.3, 0.4) is 0 Å². The van der Waals surface area contributed by atoms with Crippen LogP contribution in [0.15, 0.2) is 17.6 Å². The lowest BCUT2D eigenvalue weighted by atomic mass is 10.2. The number of hydrogen-bond donors (Lipinski definition) is 2. The zero-order valence-electron chi connectivity index (χ0n) is 11.7. The van der Waals surface area contributed by atoms with E-state index in [1.54, 1.807) is 29.4 Å². The molecule has 0 saturated carbocycles. The first-order valence-corrected chi connectivity index (χ1v) is 6.99. The molecule has 0 fully saturated rings. The second kappa shape index (κ2) is 5.98. The Morgan fingerprint density at radius 1 is 1.50 bits per heavy atom. The van der Waals surface area contributed by atoms with Gasteiger partial charge in [0.25, 0.3) is 5.91 Å². The first kappa shape index (κ1) is 14.4. The van der Waals surface area contributed by atoms with Crippen molar-refractivity contribution in [2.45, 2.75) is 20.4 Å². The summed E-state index contributed by atoms with van der Waals surface area (Å²) in [5.74, 6) is 5.31. The summed E-state index contributed by atoms with van der Waals surface area (Å²) in [7, 11) is 1.73.